The van der Waals surface area contributed by atoms with Gasteiger partial charge >= 0.3 is 6.09 Å². The van der Waals surface area contributed by atoms with Crippen molar-refractivity contribution >= 4 is 23.6 Å². The number of nitrogens with one attached hydrogen (secondary N) is 1. The highest BCUT2D eigenvalue weighted by molar-refractivity contribution is 6.31. The third-order valence-electron chi connectivity index (χ3n) is 5.12. The highest BCUT2D eigenvalue weighted by Crippen LogP contribution is 2.42. The van der Waals surface area contributed by atoms with Crippen LogP contribution in [0.3, 0.4) is 0 Å². The topological polar surface area (TPSA) is 67.9 Å². The molecule has 0 aromatic heterocycles. The van der Waals surface area contributed by atoms with E-state index in [9.17, 15) is 14.0 Å². The van der Waals surface area contributed by atoms with Crippen molar-refractivity contribution in [2.45, 2.75) is 31.1 Å². The van der Waals surface area contributed by atoms with Crippen LogP contribution in [-0.2, 0) is 20.9 Å². The second-order valence-electron chi connectivity index (χ2n) is 7.00. The largest absolute Gasteiger partial charge is 0.447 e. The Morgan fingerprint density at radius 2 is 2.20 bits per heavy atom. The van der Waals surface area contributed by atoms with Gasteiger partial charge in [-0.25, -0.2) is 9.18 Å². The average Bonchev–Trinajstić information content (AvgIpc) is 2.88. The maximum atomic E-state index is 13.0. The molecule has 2 heterocycles. The standard InChI is InChI=1S/C17H18ClFN2O4/c18-14-3-12(19)2-1-10(14)8-24-13-6-21(7-13)15(22)11-4-17(5-11)9-25-16(23)20-17/h1-3,11,13H,4-9H2,(H,20,23)/t11-,17-. The van der Waals surface area contributed by atoms with Gasteiger partial charge in [-0.3, -0.25) is 4.79 Å². The number of hydrogen-bond donors (Lipinski definition) is 1. The Labute approximate surface area is 149 Å². The number of alkyl carbamates (subject to hydrolysis) is 1. The number of rotatable bonds is 4. The summed E-state index contributed by atoms with van der Waals surface area (Å²) in [6, 6.07) is 4.21. The van der Waals surface area contributed by atoms with E-state index >= 15 is 0 Å². The molecule has 0 unspecified atom stereocenters. The van der Waals surface area contributed by atoms with Gasteiger partial charge in [-0.1, -0.05) is 17.7 Å². The van der Waals surface area contributed by atoms with E-state index in [-0.39, 0.29) is 29.3 Å². The van der Waals surface area contributed by atoms with Crippen molar-refractivity contribution < 1.29 is 23.5 Å². The number of ether oxygens (including phenoxy) is 2. The molecule has 2 saturated heterocycles. The van der Waals surface area contributed by atoms with E-state index in [1.807, 2.05) is 0 Å². The Kier molecular flexibility index (Phi) is 4.08. The summed E-state index contributed by atoms with van der Waals surface area (Å²) in [7, 11) is 0. The molecule has 3 fully saturated rings. The summed E-state index contributed by atoms with van der Waals surface area (Å²) >= 11 is 5.97. The highest BCUT2D eigenvalue weighted by atomic mass is 35.5. The Morgan fingerprint density at radius 3 is 2.84 bits per heavy atom. The van der Waals surface area contributed by atoms with E-state index in [0.29, 0.717) is 44.2 Å². The molecule has 1 N–H and O–H groups in total. The van der Waals surface area contributed by atoms with Crippen molar-refractivity contribution in [3.05, 3.63) is 34.6 Å². The average molecular weight is 369 g/mol. The summed E-state index contributed by atoms with van der Waals surface area (Å²) in [5, 5.41) is 3.13. The third kappa shape index (κ3) is 3.18. The second-order valence-corrected chi connectivity index (χ2v) is 7.41. The highest BCUT2D eigenvalue weighted by Gasteiger charge is 2.54. The van der Waals surface area contributed by atoms with E-state index < -0.39 is 6.09 Å². The second kappa shape index (κ2) is 6.14. The first-order chi connectivity index (χ1) is 11.9. The molecule has 4 rings (SSSR count). The number of benzene rings is 1. The first-order valence-corrected chi connectivity index (χ1v) is 8.61. The molecular formula is C17H18ClFN2O4. The number of nitrogens with zero attached hydrogens (tertiary/aromatic N) is 1. The summed E-state index contributed by atoms with van der Waals surface area (Å²) in [5.41, 5.74) is 0.392. The SMILES string of the molecule is O=C1N[C@]2(CO1)C[C@@H](C(=O)N1CC(OCc3ccc(F)cc3Cl)C1)C2. The number of likely N-dealkylation sites (tertiary alicyclic amines) is 1. The van der Waals surface area contributed by atoms with Crippen LogP contribution in [0.15, 0.2) is 18.2 Å². The number of amides is 2. The number of hydrogen-bond acceptors (Lipinski definition) is 4. The Hall–Kier alpha value is -1.86. The third-order valence-corrected chi connectivity index (χ3v) is 5.47. The maximum absolute atomic E-state index is 13.0. The molecule has 134 valence electrons. The molecule has 1 aliphatic carbocycles. The Bertz CT molecular complexity index is 717. The van der Waals surface area contributed by atoms with Gasteiger partial charge in [0.25, 0.3) is 0 Å². The number of carbonyl (C=O) groups excluding carboxylic acids is 2. The van der Waals surface area contributed by atoms with Crippen LogP contribution in [-0.4, -0.2) is 48.2 Å². The van der Waals surface area contributed by atoms with Crippen molar-refractivity contribution in [3.8, 4) is 0 Å². The zero-order chi connectivity index (χ0) is 17.6. The van der Waals surface area contributed by atoms with E-state index in [4.69, 9.17) is 21.1 Å². The Morgan fingerprint density at radius 1 is 1.44 bits per heavy atom. The molecule has 1 spiro atoms. The number of cyclic esters (lactones) is 1. The molecule has 0 atom stereocenters. The summed E-state index contributed by atoms with van der Waals surface area (Å²) in [6.07, 6.45) is 0.826. The van der Waals surface area contributed by atoms with Crippen molar-refractivity contribution in [3.63, 3.8) is 0 Å². The smallest absolute Gasteiger partial charge is 0.407 e. The van der Waals surface area contributed by atoms with Crippen LogP contribution in [0, 0.1) is 11.7 Å². The fraction of sp³-hybridized carbons (Fsp3) is 0.529. The molecule has 1 saturated carbocycles. The molecule has 2 amide bonds. The van der Waals surface area contributed by atoms with Crippen molar-refractivity contribution in [1.82, 2.24) is 10.2 Å². The van der Waals surface area contributed by atoms with E-state index in [1.165, 1.54) is 12.1 Å². The lowest BCUT2D eigenvalue weighted by atomic mass is 9.68. The summed E-state index contributed by atoms with van der Waals surface area (Å²) in [4.78, 5) is 25.3. The molecule has 6 nitrogen and oxygen atoms in total. The molecule has 8 heteroatoms. The van der Waals surface area contributed by atoms with Crippen LogP contribution < -0.4 is 5.32 Å². The summed E-state index contributed by atoms with van der Waals surface area (Å²) in [6.45, 7) is 1.73. The lowest BCUT2D eigenvalue weighted by Gasteiger charge is -2.47. The van der Waals surface area contributed by atoms with Gasteiger partial charge in [-0.05, 0) is 30.5 Å². The first kappa shape index (κ1) is 16.6. The molecule has 2 aliphatic heterocycles. The van der Waals surface area contributed by atoms with Crippen LogP contribution in [0.2, 0.25) is 5.02 Å². The fourth-order valence-electron chi connectivity index (χ4n) is 3.60. The van der Waals surface area contributed by atoms with Crippen LogP contribution in [0.1, 0.15) is 18.4 Å². The van der Waals surface area contributed by atoms with Gasteiger partial charge in [0.15, 0.2) is 0 Å². The van der Waals surface area contributed by atoms with Crippen molar-refractivity contribution in [2.75, 3.05) is 19.7 Å². The zero-order valence-electron chi connectivity index (χ0n) is 13.5. The molecule has 0 radical (unpaired) electrons. The van der Waals surface area contributed by atoms with Gasteiger partial charge in [0.05, 0.1) is 18.2 Å². The molecule has 1 aromatic rings. The molecular weight excluding hydrogens is 351 g/mol. The van der Waals surface area contributed by atoms with E-state index in [0.717, 1.165) is 5.56 Å². The van der Waals surface area contributed by atoms with Crippen LogP contribution >= 0.6 is 11.6 Å². The lowest BCUT2D eigenvalue weighted by Crippen LogP contribution is -2.62. The van der Waals surface area contributed by atoms with E-state index in [1.54, 1.807) is 11.0 Å². The van der Waals surface area contributed by atoms with Gasteiger partial charge in [0.2, 0.25) is 5.91 Å². The van der Waals surface area contributed by atoms with Crippen molar-refractivity contribution in [1.29, 1.82) is 0 Å². The van der Waals surface area contributed by atoms with Crippen molar-refractivity contribution in [2.24, 2.45) is 5.92 Å². The lowest BCUT2D eigenvalue weighted by molar-refractivity contribution is -0.155. The maximum Gasteiger partial charge on any atom is 0.407 e. The zero-order valence-corrected chi connectivity index (χ0v) is 14.2. The predicted molar refractivity (Wildman–Crippen MR) is 86.5 cm³/mol. The first-order valence-electron chi connectivity index (χ1n) is 8.23. The van der Waals surface area contributed by atoms with Gasteiger partial charge in [-0.2, -0.15) is 0 Å². The van der Waals surface area contributed by atoms with Gasteiger partial charge in [0, 0.05) is 24.0 Å². The van der Waals surface area contributed by atoms with Crippen LogP contribution in [0.5, 0.6) is 0 Å². The van der Waals surface area contributed by atoms with Gasteiger partial charge in [-0.15, -0.1) is 0 Å². The minimum absolute atomic E-state index is 0.0337. The normalized spacial score (nSPS) is 28.3. The molecule has 25 heavy (non-hydrogen) atoms. The minimum atomic E-state index is -0.400. The van der Waals surface area contributed by atoms with Crippen LogP contribution in [0.4, 0.5) is 9.18 Å². The summed E-state index contributed by atoms with van der Waals surface area (Å²) in [5.74, 6) is -0.336. The van der Waals surface area contributed by atoms with Crippen LogP contribution in [0.25, 0.3) is 0 Å². The Balaban J connectivity index is 1.20. The minimum Gasteiger partial charge on any atom is -0.447 e. The predicted octanol–water partition coefficient (Wildman–Crippen LogP) is 2.10. The molecule has 3 aliphatic rings. The molecule has 1 aromatic carbocycles. The quantitative estimate of drug-likeness (QED) is 0.883. The van der Waals surface area contributed by atoms with Gasteiger partial charge in [0.1, 0.15) is 12.4 Å². The molecule has 0 bridgehead atoms. The number of carbonyl (C=O) groups is 2. The summed E-state index contributed by atoms with van der Waals surface area (Å²) < 4.78 is 23.7. The van der Waals surface area contributed by atoms with Gasteiger partial charge < -0.3 is 19.7 Å². The monoisotopic (exact) mass is 368 g/mol. The number of halogens is 2. The fourth-order valence-corrected chi connectivity index (χ4v) is 3.82. The van der Waals surface area contributed by atoms with E-state index in [2.05, 4.69) is 5.32 Å².